The Morgan fingerprint density at radius 1 is 1.26 bits per heavy atom. The quantitative estimate of drug-likeness (QED) is 0.793. The van der Waals surface area contributed by atoms with Gasteiger partial charge in [-0.05, 0) is 46.6 Å². The van der Waals surface area contributed by atoms with E-state index < -0.39 is 10.0 Å². The fraction of sp³-hybridized carbons (Fsp3) is 0.0909. The topological polar surface area (TPSA) is 46.2 Å². The molecule has 0 atom stereocenters. The Balaban J connectivity index is 2.39. The van der Waals surface area contributed by atoms with Crippen LogP contribution in [-0.4, -0.2) is 8.42 Å². The maximum atomic E-state index is 12.2. The molecule has 8 heteroatoms. The normalized spacial score (nSPS) is 11.6. The molecule has 1 heterocycles. The summed E-state index contributed by atoms with van der Waals surface area (Å²) in [6.45, 7) is 1.80. The summed E-state index contributed by atoms with van der Waals surface area (Å²) < 4.78 is 27.6. The number of benzene rings is 1. The largest absolute Gasteiger partial charge is 0.279 e. The molecule has 19 heavy (non-hydrogen) atoms. The summed E-state index contributed by atoms with van der Waals surface area (Å²) in [5.41, 5.74) is 1.24. The van der Waals surface area contributed by atoms with Crippen molar-refractivity contribution in [1.29, 1.82) is 0 Å². The van der Waals surface area contributed by atoms with Crippen LogP contribution in [0.3, 0.4) is 0 Å². The van der Waals surface area contributed by atoms with Crippen LogP contribution in [0.2, 0.25) is 10.0 Å². The SMILES string of the molecule is Cc1ccc(Cl)cc1NS(=O)(=O)c1cc(Cl)c(Br)s1. The van der Waals surface area contributed by atoms with Gasteiger partial charge in [0.25, 0.3) is 10.0 Å². The number of nitrogens with one attached hydrogen (secondary N) is 1. The summed E-state index contributed by atoms with van der Waals surface area (Å²) in [6, 6.07) is 6.42. The van der Waals surface area contributed by atoms with Crippen molar-refractivity contribution < 1.29 is 8.42 Å². The molecule has 0 amide bonds. The number of sulfonamides is 1. The van der Waals surface area contributed by atoms with E-state index in [2.05, 4.69) is 20.7 Å². The van der Waals surface area contributed by atoms with Crippen molar-refractivity contribution >= 4 is 66.2 Å². The minimum Gasteiger partial charge on any atom is -0.279 e. The van der Waals surface area contributed by atoms with Crippen LogP contribution in [-0.2, 0) is 10.0 Å². The molecule has 0 radical (unpaired) electrons. The zero-order valence-corrected chi connectivity index (χ0v) is 14.3. The van der Waals surface area contributed by atoms with Crippen molar-refractivity contribution in [3.05, 3.63) is 43.7 Å². The number of aryl methyl sites for hydroxylation is 1. The van der Waals surface area contributed by atoms with Gasteiger partial charge in [-0.3, -0.25) is 4.72 Å². The smallest absolute Gasteiger partial charge is 0.271 e. The van der Waals surface area contributed by atoms with Gasteiger partial charge in [-0.1, -0.05) is 29.3 Å². The zero-order chi connectivity index (χ0) is 14.2. The van der Waals surface area contributed by atoms with E-state index in [-0.39, 0.29) is 4.21 Å². The van der Waals surface area contributed by atoms with Crippen molar-refractivity contribution in [1.82, 2.24) is 0 Å². The van der Waals surface area contributed by atoms with Gasteiger partial charge in [-0.25, -0.2) is 8.42 Å². The van der Waals surface area contributed by atoms with E-state index in [9.17, 15) is 8.42 Å². The Kier molecular flexibility index (Phi) is 4.47. The standard InChI is InChI=1S/C11H8BrCl2NO2S2/c1-6-2-3-7(13)4-9(6)15-19(16,17)10-5-8(14)11(12)18-10/h2-5,15H,1H3. The molecular weight excluding hydrogens is 393 g/mol. The molecule has 0 spiro atoms. The Labute approximate surface area is 133 Å². The molecular formula is C11H8BrCl2NO2S2. The van der Waals surface area contributed by atoms with Crippen molar-refractivity contribution in [2.24, 2.45) is 0 Å². The highest BCUT2D eigenvalue weighted by atomic mass is 79.9. The van der Waals surface area contributed by atoms with Crippen molar-refractivity contribution in [3.8, 4) is 0 Å². The lowest BCUT2D eigenvalue weighted by molar-refractivity contribution is 0.603. The summed E-state index contributed by atoms with van der Waals surface area (Å²) in [6.07, 6.45) is 0. The number of thiophene rings is 1. The second-order valence-corrected chi connectivity index (χ2v) is 8.87. The predicted octanol–water partition coefficient (Wildman–Crippen LogP) is 4.93. The molecule has 2 rings (SSSR count). The highest BCUT2D eigenvalue weighted by Gasteiger charge is 2.19. The van der Waals surface area contributed by atoms with Crippen LogP contribution in [0.15, 0.2) is 32.3 Å². The van der Waals surface area contributed by atoms with E-state index in [1.807, 2.05) is 0 Å². The first-order valence-electron chi connectivity index (χ1n) is 5.03. The fourth-order valence-corrected chi connectivity index (χ4v) is 5.05. The Hall–Kier alpha value is -0.270. The Morgan fingerprint density at radius 3 is 2.53 bits per heavy atom. The zero-order valence-electron chi connectivity index (χ0n) is 9.58. The van der Waals surface area contributed by atoms with Crippen molar-refractivity contribution in [3.63, 3.8) is 0 Å². The van der Waals surface area contributed by atoms with E-state index >= 15 is 0 Å². The van der Waals surface area contributed by atoms with Gasteiger partial charge in [0, 0.05) is 5.02 Å². The average Bonchev–Trinajstić information content (AvgIpc) is 2.65. The maximum Gasteiger partial charge on any atom is 0.271 e. The highest BCUT2D eigenvalue weighted by Crippen LogP contribution is 2.35. The van der Waals surface area contributed by atoms with Gasteiger partial charge in [0.2, 0.25) is 0 Å². The lowest BCUT2D eigenvalue weighted by atomic mass is 10.2. The third kappa shape index (κ3) is 3.44. The first kappa shape index (κ1) is 15.1. The molecule has 0 unspecified atom stereocenters. The van der Waals surface area contributed by atoms with Gasteiger partial charge in [-0.2, -0.15) is 0 Å². The second-order valence-electron chi connectivity index (χ2n) is 3.75. The van der Waals surface area contributed by atoms with Crippen LogP contribution >= 0.6 is 50.5 Å². The van der Waals surface area contributed by atoms with Crippen molar-refractivity contribution in [2.75, 3.05) is 4.72 Å². The van der Waals surface area contributed by atoms with Crippen LogP contribution in [0, 0.1) is 6.92 Å². The monoisotopic (exact) mass is 399 g/mol. The number of hydrogen-bond acceptors (Lipinski definition) is 3. The molecule has 0 saturated carbocycles. The Morgan fingerprint density at radius 2 is 1.95 bits per heavy atom. The van der Waals surface area contributed by atoms with Gasteiger partial charge in [0.15, 0.2) is 0 Å². The summed E-state index contributed by atoms with van der Waals surface area (Å²) >= 11 is 16.0. The molecule has 1 N–H and O–H groups in total. The van der Waals surface area contributed by atoms with Crippen LogP contribution in [0.1, 0.15) is 5.56 Å². The lowest BCUT2D eigenvalue weighted by Gasteiger charge is -2.09. The fourth-order valence-electron chi connectivity index (χ4n) is 1.36. The average molecular weight is 401 g/mol. The molecule has 102 valence electrons. The Bertz CT molecular complexity index is 709. The second kappa shape index (κ2) is 5.61. The first-order chi connectivity index (χ1) is 8.79. The maximum absolute atomic E-state index is 12.2. The minimum absolute atomic E-state index is 0.142. The molecule has 3 nitrogen and oxygen atoms in total. The third-order valence-corrected chi connectivity index (χ3v) is 6.88. The minimum atomic E-state index is -3.66. The van der Waals surface area contributed by atoms with Gasteiger partial charge in [0.1, 0.15) is 4.21 Å². The number of hydrogen-bond donors (Lipinski definition) is 1. The van der Waals surface area contributed by atoms with E-state index in [1.165, 1.54) is 6.07 Å². The molecule has 1 aromatic heterocycles. The van der Waals surface area contributed by atoms with Gasteiger partial charge >= 0.3 is 0 Å². The van der Waals surface area contributed by atoms with E-state index in [1.54, 1.807) is 25.1 Å². The first-order valence-corrected chi connectivity index (χ1v) is 8.88. The number of anilines is 1. The molecule has 0 bridgehead atoms. The molecule has 2 aromatic rings. The van der Waals surface area contributed by atoms with E-state index in [0.29, 0.717) is 19.5 Å². The summed E-state index contributed by atoms with van der Waals surface area (Å²) in [4.78, 5) is 0. The highest BCUT2D eigenvalue weighted by molar-refractivity contribution is 9.11. The molecule has 0 fully saturated rings. The van der Waals surface area contributed by atoms with E-state index in [4.69, 9.17) is 23.2 Å². The summed E-state index contributed by atoms with van der Waals surface area (Å²) in [7, 11) is -3.66. The van der Waals surface area contributed by atoms with Crippen LogP contribution in [0.25, 0.3) is 0 Å². The van der Waals surface area contributed by atoms with Crippen LogP contribution in [0.5, 0.6) is 0 Å². The molecule has 1 aromatic carbocycles. The lowest BCUT2D eigenvalue weighted by Crippen LogP contribution is -2.12. The van der Waals surface area contributed by atoms with Crippen LogP contribution in [0.4, 0.5) is 5.69 Å². The van der Waals surface area contributed by atoms with Gasteiger partial charge in [-0.15, -0.1) is 11.3 Å². The number of halogens is 3. The number of rotatable bonds is 3. The van der Waals surface area contributed by atoms with E-state index in [0.717, 1.165) is 16.9 Å². The molecule has 0 aliphatic carbocycles. The molecule has 0 aliphatic heterocycles. The van der Waals surface area contributed by atoms with Crippen molar-refractivity contribution in [2.45, 2.75) is 11.1 Å². The molecule has 0 saturated heterocycles. The predicted molar refractivity (Wildman–Crippen MR) is 84.0 cm³/mol. The molecule has 0 aliphatic rings. The third-order valence-electron chi connectivity index (χ3n) is 2.33. The van der Waals surface area contributed by atoms with Gasteiger partial charge in [0.05, 0.1) is 14.5 Å². The van der Waals surface area contributed by atoms with Gasteiger partial charge < -0.3 is 0 Å². The summed E-state index contributed by atoms with van der Waals surface area (Å²) in [5.74, 6) is 0. The van der Waals surface area contributed by atoms with Crippen LogP contribution < -0.4 is 4.72 Å². The summed E-state index contributed by atoms with van der Waals surface area (Å²) in [5, 5.41) is 0.835.